The molecule has 2 rings (SSSR count). The number of amides is 1. The Hall–Kier alpha value is -1.63. The summed E-state index contributed by atoms with van der Waals surface area (Å²) in [4.78, 5) is 13.8. The standard InChI is InChI=1S/C14H16F4N2O/c1-20(9-5-6-9)8-7-19-13(21)10-3-2-4-11(12(10)15)14(16,17)18/h2-4,9H,5-8H2,1H3,(H,19,21). The van der Waals surface area contributed by atoms with Crippen molar-refractivity contribution in [3.8, 4) is 0 Å². The first-order valence-electron chi connectivity index (χ1n) is 6.65. The third-order valence-corrected chi connectivity index (χ3v) is 3.47. The van der Waals surface area contributed by atoms with Gasteiger partial charge in [0.25, 0.3) is 5.91 Å². The van der Waals surface area contributed by atoms with Crippen LogP contribution in [0.4, 0.5) is 17.6 Å². The maximum absolute atomic E-state index is 13.8. The molecule has 7 heteroatoms. The lowest BCUT2D eigenvalue weighted by Crippen LogP contribution is -2.34. The molecule has 21 heavy (non-hydrogen) atoms. The van der Waals surface area contributed by atoms with Gasteiger partial charge in [-0.15, -0.1) is 0 Å². The molecule has 0 radical (unpaired) electrons. The zero-order valence-corrected chi connectivity index (χ0v) is 11.5. The molecule has 0 aliphatic heterocycles. The van der Waals surface area contributed by atoms with Crippen molar-refractivity contribution in [1.82, 2.24) is 10.2 Å². The number of rotatable bonds is 5. The van der Waals surface area contributed by atoms with Gasteiger partial charge in [-0.3, -0.25) is 4.79 Å². The summed E-state index contributed by atoms with van der Waals surface area (Å²) in [6.45, 7) is 0.846. The zero-order chi connectivity index (χ0) is 15.6. The van der Waals surface area contributed by atoms with E-state index in [0.29, 0.717) is 18.7 Å². The van der Waals surface area contributed by atoms with Gasteiger partial charge in [-0.05, 0) is 32.0 Å². The highest BCUT2D eigenvalue weighted by Gasteiger charge is 2.35. The number of alkyl halides is 3. The van der Waals surface area contributed by atoms with Gasteiger partial charge in [0, 0.05) is 19.1 Å². The van der Waals surface area contributed by atoms with Gasteiger partial charge in [0.15, 0.2) is 0 Å². The molecule has 0 unspecified atom stereocenters. The first-order chi connectivity index (χ1) is 9.80. The molecule has 0 heterocycles. The molecule has 1 aromatic carbocycles. The topological polar surface area (TPSA) is 32.3 Å². The van der Waals surface area contributed by atoms with Crippen LogP contribution in [0.3, 0.4) is 0 Å². The van der Waals surface area contributed by atoms with Crippen LogP contribution in [0.25, 0.3) is 0 Å². The lowest BCUT2D eigenvalue weighted by atomic mass is 10.1. The third kappa shape index (κ3) is 3.93. The van der Waals surface area contributed by atoms with Crippen LogP contribution in [-0.4, -0.2) is 37.0 Å². The van der Waals surface area contributed by atoms with Crippen LogP contribution in [-0.2, 0) is 6.18 Å². The fourth-order valence-electron chi connectivity index (χ4n) is 2.07. The lowest BCUT2D eigenvalue weighted by Gasteiger charge is -2.16. The number of likely N-dealkylation sites (N-methyl/N-ethyl adjacent to an activating group) is 1. The maximum Gasteiger partial charge on any atom is 0.419 e. The number of benzene rings is 1. The van der Waals surface area contributed by atoms with E-state index in [1.807, 2.05) is 7.05 Å². The largest absolute Gasteiger partial charge is 0.419 e. The molecule has 1 fully saturated rings. The normalized spacial score (nSPS) is 15.3. The predicted octanol–water partition coefficient (Wildman–Crippen LogP) is 2.67. The molecule has 0 aromatic heterocycles. The highest BCUT2D eigenvalue weighted by molar-refractivity contribution is 5.94. The summed E-state index contributed by atoms with van der Waals surface area (Å²) in [5, 5.41) is 2.44. The first kappa shape index (κ1) is 15.8. The van der Waals surface area contributed by atoms with E-state index in [4.69, 9.17) is 0 Å². The minimum Gasteiger partial charge on any atom is -0.351 e. The summed E-state index contributed by atoms with van der Waals surface area (Å²) in [7, 11) is 1.91. The van der Waals surface area contributed by atoms with Crippen molar-refractivity contribution in [1.29, 1.82) is 0 Å². The lowest BCUT2D eigenvalue weighted by molar-refractivity contribution is -0.140. The Bertz CT molecular complexity index is 526. The number of halogens is 4. The van der Waals surface area contributed by atoms with E-state index in [2.05, 4.69) is 10.2 Å². The Labute approximate surface area is 119 Å². The van der Waals surface area contributed by atoms with E-state index < -0.39 is 29.0 Å². The van der Waals surface area contributed by atoms with Crippen LogP contribution in [0.1, 0.15) is 28.8 Å². The highest BCUT2D eigenvalue weighted by Crippen LogP contribution is 2.32. The smallest absolute Gasteiger partial charge is 0.351 e. The number of hydrogen-bond donors (Lipinski definition) is 1. The van der Waals surface area contributed by atoms with Gasteiger partial charge in [-0.25, -0.2) is 4.39 Å². The van der Waals surface area contributed by atoms with Crippen molar-refractivity contribution in [2.75, 3.05) is 20.1 Å². The predicted molar refractivity (Wildman–Crippen MR) is 69.4 cm³/mol. The van der Waals surface area contributed by atoms with Crippen molar-refractivity contribution in [2.45, 2.75) is 25.1 Å². The second kappa shape index (κ2) is 6.01. The van der Waals surface area contributed by atoms with Gasteiger partial charge in [0.05, 0.1) is 11.1 Å². The molecule has 1 N–H and O–H groups in total. The van der Waals surface area contributed by atoms with Gasteiger partial charge in [-0.1, -0.05) is 6.07 Å². The Morgan fingerprint density at radius 3 is 2.62 bits per heavy atom. The fourth-order valence-corrected chi connectivity index (χ4v) is 2.07. The summed E-state index contributed by atoms with van der Waals surface area (Å²) in [6.07, 6.45) is -2.58. The van der Waals surface area contributed by atoms with Crippen molar-refractivity contribution < 1.29 is 22.4 Å². The molecule has 0 bridgehead atoms. The summed E-state index contributed by atoms with van der Waals surface area (Å²) < 4.78 is 51.5. The van der Waals surface area contributed by atoms with Gasteiger partial charge < -0.3 is 10.2 Å². The molecule has 1 amide bonds. The second-order valence-corrected chi connectivity index (χ2v) is 5.13. The molecule has 1 aromatic rings. The number of carbonyl (C=O) groups excluding carboxylic acids is 1. The van der Waals surface area contributed by atoms with Gasteiger partial charge in [0.1, 0.15) is 5.82 Å². The van der Waals surface area contributed by atoms with E-state index in [-0.39, 0.29) is 6.54 Å². The second-order valence-electron chi connectivity index (χ2n) is 5.13. The first-order valence-corrected chi connectivity index (χ1v) is 6.65. The van der Waals surface area contributed by atoms with Crippen molar-refractivity contribution >= 4 is 5.91 Å². The van der Waals surface area contributed by atoms with Gasteiger partial charge in [0.2, 0.25) is 0 Å². The van der Waals surface area contributed by atoms with E-state index in [1.54, 1.807) is 0 Å². The molecule has 3 nitrogen and oxygen atoms in total. The van der Waals surface area contributed by atoms with E-state index in [1.165, 1.54) is 0 Å². The van der Waals surface area contributed by atoms with Crippen LogP contribution >= 0.6 is 0 Å². The monoisotopic (exact) mass is 304 g/mol. The van der Waals surface area contributed by atoms with Crippen molar-refractivity contribution in [3.63, 3.8) is 0 Å². The number of nitrogens with one attached hydrogen (secondary N) is 1. The van der Waals surface area contributed by atoms with E-state index >= 15 is 0 Å². The molecular formula is C14H16F4N2O. The summed E-state index contributed by atoms with van der Waals surface area (Å²) >= 11 is 0. The Kier molecular flexibility index (Phi) is 4.51. The van der Waals surface area contributed by atoms with Gasteiger partial charge in [-0.2, -0.15) is 13.2 Å². The third-order valence-electron chi connectivity index (χ3n) is 3.47. The van der Waals surface area contributed by atoms with Crippen LogP contribution in [0.15, 0.2) is 18.2 Å². The SMILES string of the molecule is CN(CCNC(=O)c1cccc(C(F)(F)F)c1F)C1CC1. The number of hydrogen-bond acceptors (Lipinski definition) is 2. The van der Waals surface area contributed by atoms with Crippen LogP contribution in [0, 0.1) is 5.82 Å². The minimum atomic E-state index is -4.81. The van der Waals surface area contributed by atoms with Crippen molar-refractivity contribution in [3.05, 3.63) is 35.1 Å². The average molecular weight is 304 g/mol. The zero-order valence-electron chi connectivity index (χ0n) is 11.5. The van der Waals surface area contributed by atoms with Crippen molar-refractivity contribution in [2.24, 2.45) is 0 Å². The summed E-state index contributed by atoms with van der Waals surface area (Å²) in [5.41, 5.74) is -2.01. The van der Waals surface area contributed by atoms with Crippen LogP contribution in [0.5, 0.6) is 0 Å². The Morgan fingerprint density at radius 1 is 1.38 bits per heavy atom. The molecule has 1 aliphatic rings. The molecule has 0 saturated heterocycles. The average Bonchev–Trinajstić information content (AvgIpc) is 3.21. The van der Waals surface area contributed by atoms with E-state index in [9.17, 15) is 22.4 Å². The molecule has 116 valence electrons. The number of nitrogens with zero attached hydrogens (tertiary/aromatic N) is 1. The Balaban J connectivity index is 1.98. The maximum atomic E-state index is 13.8. The quantitative estimate of drug-likeness (QED) is 0.848. The summed E-state index contributed by atoms with van der Waals surface area (Å²) in [5.74, 6) is -2.36. The molecule has 1 saturated carbocycles. The number of carbonyl (C=O) groups is 1. The van der Waals surface area contributed by atoms with E-state index in [0.717, 1.165) is 25.0 Å². The molecule has 1 aliphatic carbocycles. The highest BCUT2D eigenvalue weighted by atomic mass is 19.4. The van der Waals surface area contributed by atoms with Crippen LogP contribution in [0.2, 0.25) is 0 Å². The minimum absolute atomic E-state index is 0.265. The van der Waals surface area contributed by atoms with Gasteiger partial charge >= 0.3 is 6.18 Å². The van der Waals surface area contributed by atoms with Crippen LogP contribution < -0.4 is 5.32 Å². The fraction of sp³-hybridized carbons (Fsp3) is 0.500. The molecule has 0 spiro atoms. The summed E-state index contributed by atoms with van der Waals surface area (Å²) in [6, 6.07) is 3.21. The Morgan fingerprint density at radius 2 is 2.05 bits per heavy atom. The molecular weight excluding hydrogens is 288 g/mol. The molecule has 0 atom stereocenters.